The first kappa shape index (κ1) is 12.6. The van der Waals surface area contributed by atoms with Gasteiger partial charge in [0.15, 0.2) is 0 Å². The molecule has 0 aromatic heterocycles. The van der Waals surface area contributed by atoms with Crippen LogP contribution in [0.5, 0.6) is 0 Å². The average molecular weight is 167 g/mol. The van der Waals surface area contributed by atoms with Gasteiger partial charge in [0.1, 0.15) is 0 Å². The molecule has 0 unspecified atom stereocenters. The van der Waals surface area contributed by atoms with E-state index in [9.17, 15) is 0 Å². The summed E-state index contributed by atoms with van der Waals surface area (Å²) in [6, 6.07) is 0. The maximum Gasteiger partial charge on any atom is 0.291 e. The van der Waals surface area contributed by atoms with E-state index < -0.39 is 10.1 Å². The predicted octanol–water partition coefficient (Wildman–Crippen LogP) is 1.57. The van der Waals surface area contributed by atoms with Crippen LogP contribution in [0.3, 0.4) is 0 Å². The smallest absolute Gasteiger partial charge is 0.197 e. The monoisotopic (exact) mass is 167 g/mol. The van der Waals surface area contributed by atoms with Gasteiger partial charge in [0.2, 0.25) is 0 Å². The first-order chi connectivity index (χ1) is 4.41. The van der Waals surface area contributed by atoms with Crippen molar-refractivity contribution in [1.82, 2.24) is 0 Å². The fraction of sp³-hybridized carbons (Fsp3) is 1.00. The zero-order chi connectivity index (χ0) is 8.62. The number of unbranched alkanes of at least 4 members (excludes halogenated alkanes) is 2. The van der Waals surface area contributed by atoms with E-state index in [4.69, 9.17) is 13.0 Å². The van der Waals surface area contributed by atoms with Crippen LogP contribution in [0.4, 0.5) is 0 Å². The fourth-order valence-electron chi connectivity index (χ4n) is 0.354. The Morgan fingerprint density at radius 2 is 1.30 bits per heavy atom. The molecule has 0 aliphatic heterocycles. The Kier molecular flexibility index (Phi) is 8.83. The number of rotatable bonds is 2. The van der Waals surface area contributed by atoms with Gasteiger partial charge in [-0.1, -0.05) is 37.7 Å². The zero-order valence-electron chi connectivity index (χ0n) is 6.75. The van der Waals surface area contributed by atoms with Crippen LogP contribution in [-0.2, 0) is 14.7 Å². The highest BCUT2D eigenvalue weighted by molar-refractivity contribution is 7.84. The molecule has 0 rings (SSSR count). The average Bonchev–Trinajstić information content (AvgIpc) is 1.63. The fourth-order valence-corrected chi connectivity index (χ4v) is 0.354. The zero-order valence-corrected chi connectivity index (χ0v) is 7.57. The highest BCUT2D eigenvalue weighted by atomic mass is 32.2. The minimum Gasteiger partial charge on any atom is -0.197 e. The van der Waals surface area contributed by atoms with Gasteiger partial charge in [-0.3, -0.25) is 0 Å². The van der Waals surface area contributed by atoms with Crippen LogP contribution in [-0.4, -0.2) is 14.7 Å². The first-order valence-corrected chi connectivity index (χ1v) is 5.14. The molecular formula is C6H15O3S. The second kappa shape index (κ2) is 7.02. The van der Waals surface area contributed by atoms with Crippen LogP contribution in [0, 0.1) is 0 Å². The molecule has 0 aliphatic rings. The maximum absolute atomic E-state index is 9.08. The first-order valence-electron chi connectivity index (χ1n) is 3.32. The molecule has 0 saturated heterocycles. The molecule has 0 aromatic carbocycles. The normalized spacial score (nSPS) is 10.0. The molecule has 0 aromatic rings. The van der Waals surface area contributed by atoms with Crippen LogP contribution in [0.25, 0.3) is 0 Å². The van der Waals surface area contributed by atoms with Crippen molar-refractivity contribution in [2.45, 2.75) is 33.1 Å². The van der Waals surface area contributed by atoms with E-state index in [0.717, 1.165) is 0 Å². The molecular weight excluding hydrogens is 152 g/mol. The molecule has 0 amide bonds. The summed E-state index contributed by atoms with van der Waals surface area (Å²) >= 11 is 0. The molecule has 63 valence electrons. The number of hydrogen-bond donors (Lipinski definition) is 0. The molecule has 0 saturated carbocycles. The molecule has 0 spiro atoms. The Hall–Kier alpha value is -0.0900. The third-order valence-electron chi connectivity index (χ3n) is 0.707. The largest absolute Gasteiger partial charge is 0.291 e. The van der Waals surface area contributed by atoms with Crippen molar-refractivity contribution in [3.05, 3.63) is 0 Å². The van der Waals surface area contributed by atoms with Gasteiger partial charge in [0, 0.05) is 0 Å². The van der Waals surface area contributed by atoms with Crippen LogP contribution >= 0.6 is 0 Å². The summed E-state index contributed by atoms with van der Waals surface area (Å²) in [4.78, 5) is 0. The van der Waals surface area contributed by atoms with Crippen molar-refractivity contribution in [3.63, 3.8) is 0 Å². The molecule has 3 nitrogen and oxygen atoms in total. The Labute approximate surface area is 63.2 Å². The summed E-state index contributed by atoms with van der Waals surface area (Å²) in [6.07, 6.45) is 4.68. The van der Waals surface area contributed by atoms with Gasteiger partial charge in [-0.05, 0) is 0 Å². The summed E-state index contributed by atoms with van der Waals surface area (Å²) in [5, 5.41) is 0. The summed E-state index contributed by atoms with van der Waals surface area (Å²) in [5.74, 6) is 0. The molecule has 1 radical (unpaired) electrons. The molecule has 10 heavy (non-hydrogen) atoms. The molecule has 0 N–H and O–H groups in total. The van der Waals surface area contributed by atoms with Crippen LogP contribution in [0.1, 0.15) is 33.1 Å². The summed E-state index contributed by atoms with van der Waals surface area (Å²) in [5.41, 5.74) is 0. The van der Waals surface area contributed by atoms with E-state index in [1.165, 1.54) is 19.3 Å². The lowest BCUT2D eigenvalue weighted by Crippen LogP contribution is -1.85. The third kappa shape index (κ3) is 104. The van der Waals surface area contributed by atoms with E-state index in [1.807, 2.05) is 0 Å². The Balaban J connectivity index is 0. The minimum atomic E-state index is -3.92. The van der Waals surface area contributed by atoms with Crippen LogP contribution < -0.4 is 0 Å². The minimum absolute atomic E-state index is 0.604. The van der Waals surface area contributed by atoms with E-state index in [2.05, 4.69) is 13.8 Å². The summed E-state index contributed by atoms with van der Waals surface area (Å²) in [7, 11) is -3.92. The van der Waals surface area contributed by atoms with E-state index in [0.29, 0.717) is 6.26 Å². The standard InChI is InChI=1S/C5H12.CH3O3S/c1-3-5-4-2;1-5(2,3)4/h3-5H2,1-2H3;1H3. The highest BCUT2D eigenvalue weighted by Gasteiger charge is 1.85. The van der Waals surface area contributed by atoms with Crippen molar-refractivity contribution in [2.24, 2.45) is 0 Å². The SMILES string of the molecule is CCCCC.CS([O])(=O)=O. The van der Waals surface area contributed by atoms with Gasteiger partial charge >= 0.3 is 0 Å². The van der Waals surface area contributed by atoms with Crippen LogP contribution in [0.15, 0.2) is 0 Å². The Bertz CT molecular complexity index is 127. The predicted molar refractivity (Wildman–Crippen MR) is 40.7 cm³/mol. The molecule has 0 heterocycles. The van der Waals surface area contributed by atoms with Crippen molar-refractivity contribution in [2.75, 3.05) is 6.26 Å². The second-order valence-corrected chi connectivity index (χ2v) is 3.47. The Morgan fingerprint density at radius 3 is 1.30 bits per heavy atom. The van der Waals surface area contributed by atoms with Crippen LogP contribution in [0.2, 0.25) is 0 Å². The van der Waals surface area contributed by atoms with Crippen molar-refractivity contribution < 1.29 is 13.0 Å². The lowest BCUT2D eigenvalue weighted by atomic mass is 10.3. The van der Waals surface area contributed by atoms with Crippen molar-refractivity contribution in [3.8, 4) is 0 Å². The quantitative estimate of drug-likeness (QED) is 0.627. The molecule has 4 heteroatoms. The number of hydrogen-bond acceptors (Lipinski definition) is 2. The topological polar surface area (TPSA) is 54.0 Å². The van der Waals surface area contributed by atoms with Gasteiger partial charge in [-0.25, -0.2) is 0 Å². The van der Waals surface area contributed by atoms with E-state index in [-0.39, 0.29) is 0 Å². The van der Waals surface area contributed by atoms with Gasteiger partial charge in [0.25, 0.3) is 10.1 Å². The second-order valence-electron chi connectivity index (χ2n) is 2.06. The highest BCUT2D eigenvalue weighted by Crippen LogP contribution is 1.88. The summed E-state index contributed by atoms with van der Waals surface area (Å²) < 4.78 is 27.2. The van der Waals surface area contributed by atoms with Gasteiger partial charge in [-0.2, -0.15) is 8.42 Å². The van der Waals surface area contributed by atoms with E-state index in [1.54, 1.807) is 0 Å². The molecule has 0 fully saturated rings. The van der Waals surface area contributed by atoms with Gasteiger partial charge in [-0.15, -0.1) is 0 Å². The van der Waals surface area contributed by atoms with E-state index >= 15 is 0 Å². The summed E-state index contributed by atoms with van der Waals surface area (Å²) in [6.45, 7) is 4.42. The molecule has 0 aliphatic carbocycles. The maximum atomic E-state index is 9.08. The van der Waals surface area contributed by atoms with Crippen molar-refractivity contribution in [1.29, 1.82) is 0 Å². The van der Waals surface area contributed by atoms with Gasteiger partial charge < -0.3 is 0 Å². The van der Waals surface area contributed by atoms with Gasteiger partial charge in [0.05, 0.1) is 6.26 Å². The lowest BCUT2D eigenvalue weighted by molar-refractivity contribution is 0.420. The van der Waals surface area contributed by atoms with Crippen molar-refractivity contribution >= 4 is 10.1 Å². The molecule has 0 atom stereocenters. The lowest BCUT2D eigenvalue weighted by Gasteiger charge is -1.79. The molecule has 0 bridgehead atoms. The third-order valence-corrected chi connectivity index (χ3v) is 0.707. The Morgan fingerprint density at radius 1 is 1.10 bits per heavy atom.